The molecule has 0 aliphatic heterocycles. The Morgan fingerprint density at radius 3 is 2.70 bits per heavy atom. The van der Waals surface area contributed by atoms with Crippen LogP contribution < -0.4 is 10.1 Å². The van der Waals surface area contributed by atoms with Gasteiger partial charge in [-0.05, 0) is 31.2 Å². The highest BCUT2D eigenvalue weighted by molar-refractivity contribution is 5.94. The van der Waals surface area contributed by atoms with Crippen molar-refractivity contribution in [3.05, 3.63) is 70.3 Å². The normalized spacial score (nSPS) is 11.2. The van der Waals surface area contributed by atoms with E-state index in [1.807, 2.05) is 0 Å². The lowest BCUT2D eigenvalue weighted by Gasteiger charge is -2.14. The predicted molar refractivity (Wildman–Crippen MR) is 98.3 cm³/mol. The molecule has 0 bridgehead atoms. The summed E-state index contributed by atoms with van der Waals surface area (Å²) in [6.45, 7) is 0.857. The molecule has 1 aromatic heterocycles. The molecule has 0 saturated carbocycles. The second-order valence-corrected chi connectivity index (χ2v) is 6.09. The number of anilines is 1. The number of hydrogen-bond donors (Lipinski definition) is 1. The molecule has 0 saturated heterocycles. The van der Waals surface area contributed by atoms with Gasteiger partial charge in [-0.3, -0.25) is 14.9 Å². The SMILES string of the molecule is Cc1cccc(OCC(=O)Nc2cc(C(F)(F)F)ccc2-n2cncn2)c1[N+](=O)[O-]. The number of amides is 1. The number of hydrogen-bond acceptors (Lipinski definition) is 6. The summed E-state index contributed by atoms with van der Waals surface area (Å²) in [5.74, 6) is -0.942. The van der Waals surface area contributed by atoms with E-state index < -0.39 is 29.2 Å². The number of nitrogens with one attached hydrogen (secondary N) is 1. The van der Waals surface area contributed by atoms with Crippen LogP contribution in [0.25, 0.3) is 5.69 Å². The highest BCUT2D eigenvalue weighted by atomic mass is 19.4. The monoisotopic (exact) mass is 421 g/mol. The number of benzene rings is 2. The van der Waals surface area contributed by atoms with Gasteiger partial charge in [0.1, 0.15) is 12.7 Å². The Kier molecular flexibility index (Phi) is 5.67. The van der Waals surface area contributed by atoms with Crippen molar-refractivity contribution in [2.75, 3.05) is 11.9 Å². The van der Waals surface area contributed by atoms with Crippen LogP contribution in [-0.2, 0) is 11.0 Å². The first-order valence-electron chi connectivity index (χ1n) is 8.39. The summed E-state index contributed by atoms with van der Waals surface area (Å²) in [5, 5.41) is 17.4. The summed E-state index contributed by atoms with van der Waals surface area (Å²) in [6.07, 6.45) is -2.19. The first kappa shape index (κ1) is 20.8. The van der Waals surface area contributed by atoms with Crippen LogP contribution in [0.3, 0.4) is 0 Å². The maximum Gasteiger partial charge on any atom is 0.416 e. The quantitative estimate of drug-likeness (QED) is 0.481. The molecular weight excluding hydrogens is 407 g/mol. The van der Waals surface area contributed by atoms with Crippen molar-refractivity contribution in [1.82, 2.24) is 14.8 Å². The zero-order valence-electron chi connectivity index (χ0n) is 15.4. The molecule has 1 amide bonds. The highest BCUT2D eigenvalue weighted by Gasteiger charge is 2.31. The molecule has 1 N–H and O–H groups in total. The topological polar surface area (TPSA) is 112 Å². The number of ether oxygens (including phenoxy) is 1. The highest BCUT2D eigenvalue weighted by Crippen LogP contribution is 2.33. The number of nitrogens with zero attached hydrogens (tertiary/aromatic N) is 4. The van der Waals surface area contributed by atoms with Gasteiger partial charge in [0, 0.05) is 5.56 Å². The largest absolute Gasteiger partial charge is 0.477 e. The first-order valence-corrected chi connectivity index (χ1v) is 8.39. The Bertz CT molecular complexity index is 1080. The molecule has 0 fully saturated rings. The molecule has 0 aliphatic rings. The Morgan fingerprint density at radius 2 is 2.07 bits per heavy atom. The van der Waals surface area contributed by atoms with Gasteiger partial charge in [-0.25, -0.2) is 9.67 Å². The second kappa shape index (κ2) is 8.19. The van der Waals surface area contributed by atoms with E-state index >= 15 is 0 Å². The number of aromatic nitrogens is 3. The molecule has 0 radical (unpaired) electrons. The van der Waals surface area contributed by atoms with Gasteiger partial charge >= 0.3 is 11.9 Å². The number of rotatable bonds is 6. The Morgan fingerprint density at radius 1 is 1.30 bits per heavy atom. The number of carbonyl (C=O) groups excluding carboxylic acids is 1. The van der Waals surface area contributed by atoms with Crippen molar-refractivity contribution in [3.8, 4) is 11.4 Å². The Balaban J connectivity index is 1.83. The fourth-order valence-corrected chi connectivity index (χ4v) is 2.66. The number of carbonyl (C=O) groups is 1. The van der Waals surface area contributed by atoms with Gasteiger partial charge in [-0.2, -0.15) is 18.3 Å². The van der Waals surface area contributed by atoms with E-state index in [1.54, 1.807) is 0 Å². The van der Waals surface area contributed by atoms with E-state index in [0.29, 0.717) is 5.56 Å². The zero-order chi connectivity index (χ0) is 21.9. The van der Waals surface area contributed by atoms with E-state index in [1.165, 1.54) is 42.5 Å². The summed E-state index contributed by atoms with van der Waals surface area (Å²) in [5.41, 5.74) is -0.966. The minimum Gasteiger partial charge on any atom is -0.477 e. The van der Waals surface area contributed by atoms with Crippen molar-refractivity contribution < 1.29 is 27.6 Å². The van der Waals surface area contributed by atoms with Gasteiger partial charge in [0.25, 0.3) is 5.91 Å². The minimum absolute atomic E-state index is 0.129. The van der Waals surface area contributed by atoms with Crippen LogP contribution in [-0.4, -0.2) is 32.2 Å². The number of para-hydroxylation sites is 1. The molecule has 0 spiro atoms. The fourth-order valence-electron chi connectivity index (χ4n) is 2.66. The van der Waals surface area contributed by atoms with Gasteiger partial charge in [0.2, 0.25) is 0 Å². The lowest BCUT2D eigenvalue weighted by Crippen LogP contribution is -2.22. The third kappa shape index (κ3) is 4.54. The summed E-state index contributed by atoms with van der Waals surface area (Å²) in [6, 6.07) is 7.09. The molecular formula is C18H14F3N5O4. The molecule has 0 atom stereocenters. The van der Waals surface area contributed by atoms with E-state index in [0.717, 1.165) is 18.2 Å². The lowest BCUT2D eigenvalue weighted by molar-refractivity contribution is -0.386. The molecule has 2 aromatic carbocycles. The number of alkyl halides is 3. The van der Waals surface area contributed by atoms with Gasteiger partial charge in [-0.1, -0.05) is 12.1 Å². The maximum atomic E-state index is 13.1. The molecule has 0 aliphatic carbocycles. The van der Waals surface area contributed by atoms with Gasteiger partial charge in [-0.15, -0.1) is 0 Å². The van der Waals surface area contributed by atoms with Gasteiger partial charge < -0.3 is 10.1 Å². The second-order valence-electron chi connectivity index (χ2n) is 6.09. The van der Waals surface area contributed by atoms with E-state index in [-0.39, 0.29) is 22.8 Å². The average Bonchev–Trinajstić information content (AvgIpc) is 3.19. The van der Waals surface area contributed by atoms with Crippen molar-refractivity contribution in [1.29, 1.82) is 0 Å². The summed E-state index contributed by atoms with van der Waals surface area (Å²) in [7, 11) is 0. The fraction of sp³-hybridized carbons (Fsp3) is 0.167. The molecule has 3 aromatic rings. The minimum atomic E-state index is -4.63. The smallest absolute Gasteiger partial charge is 0.416 e. The Labute approximate surface area is 167 Å². The van der Waals surface area contributed by atoms with E-state index in [9.17, 15) is 28.1 Å². The maximum absolute atomic E-state index is 13.1. The third-order valence-electron chi connectivity index (χ3n) is 4.01. The molecule has 1 heterocycles. The van der Waals surface area contributed by atoms with Crippen molar-refractivity contribution >= 4 is 17.3 Å². The van der Waals surface area contributed by atoms with Crippen LogP contribution in [0.15, 0.2) is 49.1 Å². The van der Waals surface area contributed by atoms with Crippen LogP contribution in [0.5, 0.6) is 5.75 Å². The lowest BCUT2D eigenvalue weighted by atomic mass is 10.1. The molecule has 156 valence electrons. The number of nitro benzene ring substituents is 1. The van der Waals surface area contributed by atoms with Crippen LogP contribution in [0.1, 0.15) is 11.1 Å². The third-order valence-corrected chi connectivity index (χ3v) is 4.01. The summed E-state index contributed by atoms with van der Waals surface area (Å²) < 4.78 is 45.6. The molecule has 3 rings (SSSR count). The number of halogens is 3. The van der Waals surface area contributed by atoms with Crippen LogP contribution in [0.2, 0.25) is 0 Å². The van der Waals surface area contributed by atoms with E-state index in [4.69, 9.17) is 4.74 Å². The van der Waals surface area contributed by atoms with Gasteiger partial charge in [0.05, 0.1) is 21.9 Å². The standard InChI is InChI=1S/C18H14F3N5O4/c1-11-3-2-4-15(17(11)26(28)29)30-8-16(27)24-13-7-12(18(19,20)21)5-6-14(13)25-10-22-9-23-25/h2-7,9-10H,8H2,1H3,(H,24,27). The van der Waals surface area contributed by atoms with Crippen molar-refractivity contribution in [3.63, 3.8) is 0 Å². The van der Waals surface area contributed by atoms with Crippen molar-refractivity contribution in [2.45, 2.75) is 13.1 Å². The van der Waals surface area contributed by atoms with Crippen molar-refractivity contribution in [2.24, 2.45) is 0 Å². The summed E-state index contributed by atoms with van der Waals surface area (Å²) in [4.78, 5) is 26.6. The Hall–Kier alpha value is -3.96. The van der Waals surface area contributed by atoms with Crippen LogP contribution in [0, 0.1) is 17.0 Å². The van der Waals surface area contributed by atoms with Crippen LogP contribution >= 0.6 is 0 Å². The molecule has 9 nitrogen and oxygen atoms in total. The molecule has 0 unspecified atom stereocenters. The number of aryl methyl sites for hydroxylation is 1. The van der Waals surface area contributed by atoms with E-state index in [2.05, 4.69) is 15.4 Å². The van der Waals surface area contributed by atoms with Gasteiger partial charge in [0.15, 0.2) is 12.4 Å². The van der Waals surface area contributed by atoms with Crippen LogP contribution in [0.4, 0.5) is 24.5 Å². The molecule has 30 heavy (non-hydrogen) atoms. The predicted octanol–water partition coefficient (Wildman–Crippen LogP) is 3.52. The number of nitro groups is 1. The zero-order valence-corrected chi connectivity index (χ0v) is 15.4. The molecule has 12 heteroatoms. The average molecular weight is 421 g/mol. The first-order chi connectivity index (χ1) is 14.2. The summed E-state index contributed by atoms with van der Waals surface area (Å²) >= 11 is 0.